The number of halogens is 1. The molecule has 0 heterocycles. The van der Waals surface area contributed by atoms with Crippen LogP contribution >= 0.6 is 15.9 Å². The van der Waals surface area contributed by atoms with Crippen molar-refractivity contribution in [3.05, 3.63) is 46.4 Å². The second-order valence-corrected chi connectivity index (χ2v) is 4.66. The fraction of sp³-hybridized carbons (Fsp3) is 0.286. The zero-order valence-corrected chi connectivity index (χ0v) is 10.5. The molecular weight excluding hydrogens is 248 g/mol. The average molecular weight is 263 g/mol. The second kappa shape index (κ2) is 4.80. The van der Waals surface area contributed by atoms with Gasteiger partial charge in [-0.25, -0.2) is 0 Å². The molecule has 0 aliphatic heterocycles. The van der Waals surface area contributed by atoms with Gasteiger partial charge in [-0.2, -0.15) is 0 Å². The van der Waals surface area contributed by atoms with Gasteiger partial charge in [0.25, 0.3) is 0 Å². The van der Waals surface area contributed by atoms with Gasteiger partial charge in [0.05, 0.1) is 0 Å². The quantitative estimate of drug-likeness (QED) is 0.735. The summed E-state index contributed by atoms with van der Waals surface area (Å²) in [4.78, 5) is 0. The first-order valence-corrected chi connectivity index (χ1v) is 6.28. The molecule has 0 aromatic heterocycles. The van der Waals surface area contributed by atoms with E-state index in [4.69, 9.17) is 0 Å². The molecule has 0 radical (unpaired) electrons. The monoisotopic (exact) mass is 262 g/mol. The summed E-state index contributed by atoms with van der Waals surface area (Å²) in [5, 5.41) is 2.63. The average Bonchev–Trinajstić information content (AvgIpc) is 2.29. The molecule has 0 unspecified atom stereocenters. The first-order valence-electron chi connectivity index (χ1n) is 5.49. The Morgan fingerprint density at radius 1 is 1.07 bits per heavy atom. The van der Waals surface area contributed by atoms with Crippen LogP contribution in [0.1, 0.15) is 25.3 Å². The molecule has 2 aromatic carbocycles. The van der Waals surface area contributed by atoms with Crippen LogP contribution in [0.15, 0.2) is 40.9 Å². The van der Waals surface area contributed by atoms with Gasteiger partial charge in [0, 0.05) is 4.47 Å². The number of hydrogen-bond donors (Lipinski definition) is 0. The normalized spacial score (nSPS) is 10.8. The second-order valence-electron chi connectivity index (χ2n) is 3.86. The smallest absolute Gasteiger partial charge is 0.0285 e. The summed E-state index contributed by atoms with van der Waals surface area (Å²) in [5.74, 6) is 0. The highest BCUT2D eigenvalue weighted by atomic mass is 79.9. The van der Waals surface area contributed by atoms with E-state index in [1.807, 2.05) is 0 Å². The maximum Gasteiger partial charge on any atom is 0.0285 e. The van der Waals surface area contributed by atoms with Crippen molar-refractivity contribution in [2.75, 3.05) is 0 Å². The zero-order chi connectivity index (χ0) is 10.7. The Balaban J connectivity index is 2.45. The van der Waals surface area contributed by atoms with Crippen molar-refractivity contribution < 1.29 is 0 Å². The van der Waals surface area contributed by atoms with Crippen LogP contribution in [0.5, 0.6) is 0 Å². The van der Waals surface area contributed by atoms with E-state index in [9.17, 15) is 0 Å². The number of aryl methyl sites for hydroxylation is 1. The molecule has 0 saturated heterocycles. The minimum Gasteiger partial charge on any atom is -0.0654 e. The van der Waals surface area contributed by atoms with Gasteiger partial charge in [-0.05, 0) is 45.1 Å². The van der Waals surface area contributed by atoms with Crippen molar-refractivity contribution in [1.29, 1.82) is 0 Å². The van der Waals surface area contributed by atoms with Crippen LogP contribution in [0.3, 0.4) is 0 Å². The molecule has 0 bridgehead atoms. The van der Waals surface area contributed by atoms with Crippen molar-refractivity contribution in [2.24, 2.45) is 0 Å². The molecule has 78 valence electrons. The minimum absolute atomic E-state index is 1.17. The Labute approximate surface area is 99.4 Å². The third-order valence-electron chi connectivity index (χ3n) is 2.74. The molecule has 0 atom stereocenters. The number of hydrogen-bond acceptors (Lipinski definition) is 0. The molecule has 0 N–H and O–H groups in total. The van der Waals surface area contributed by atoms with E-state index < -0.39 is 0 Å². The van der Waals surface area contributed by atoms with Gasteiger partial charge >= 0.3 is 0 Å². The van der Waals surface area contributed by atoms with Gasteiger partial charge in [0.1, 0.15) is 0 Å². The molecule has 0 aliphatic rings. The number of rotatable bonds is 3. The van der Waals surface area contributed by atoms with Crippen LogP contribution in [-0.4, -0.2) is 0 Å². The molecule has 2 aromatic rings. The molecule has 0 spiro atoms. The summed E-state index contributed by atoms with van der Waals surface area (Å²) < 4.78 is 1.27. The Bertz CT molecular complexity index is 460. The minimum atomic E-state index is 1.17. The zero-order valence-electron chi connectivity index (χ0n) is 8.96. The summed E-state index contributed by atoms with van der Waals surface area (Å²) in [7, 11) is 0. The molecule has 0 saturated carbocycles. The Morgan fingerprint density at radius 2 is 1.87 bits per heavy atom. The Morgan fingerprint density at radius 3 is 2.67 bits per heavy atom. The summed E-state index contributed by atoms with van der Waals surface area (Å²) >= 11 is 3.71. The first-order chi connectivity index (χ1) is 7.33. The molecule has 1 heteroatoms. The standard InChI is InChI=1S/C14H15Br/c1-2-3-6-12-10-9-11-7-4-5-8-13(11)14(12)15/h4-5,7-10H,2-3,6H2,1H3. The fourth-order valence-electron chi connectivity index (χ4n) is 1.84. The van der Waals surface area contributed by atoms with E-state index in [0.29, 0.717) is 0 Å². The molecule has 15 heavy (non-hydrogen) atoms. The SMILES string of the molecule is CCCCc1ccc2ccccc2c1Br. The predicted molar refractivity (Wildman–Crippen MR) is 70.3 cm³/mol. The van der Waals surface area contributed by atoms with Gasteiger partial charge in [-0.15, -0.1) is 0 Å². The summed E-state index contributed by atoms with van der Waals surface area (Å²) in [5.41, 5.74) is 1.43. The van der Waals surface area contributed by atoms with E-state index in [2.05, 4.69) is 59.3 Å². The fourth-order valence-corrected chi connectivity index (χ4v) is 2.53. The summed E-state index contributed by atoms with van der Waals surface area (Å²) in [6.45, 7) is 2.23. The van der Waals surface area contributed by atoms with Crippen LogP contribution in [-0.2, 0) is 6.42 Å². The van der Waals surface area contributed by atoms with Crippen LogP contribution in [0.2, 0.25) is 0 Å². The van der Waals surface area contributed by atoms with Gasteiger partial charge in [0.2, 0.25) is 0 Å². The van der Waals surface area contributed by atoms with Crippen molar-refractivity contribution in [1.82, 2.24) is 0 Å². The first kappa shape index (κ1) is 10.7. The maximum atomic E-state index is 3.71. The largest absolute Gasteiger partial charge is 0.0654 e. The van der Waals surface area contributed by atoms with Crippen molar-refractivity contribution in [3.63, 3.8) is 0 Å². The Hall–Kier alpha value is -0.820. The van der Waals surface area contributed by atoms with Crippen LogP contribution in [0.4, 0.5) is 0 Å². The van der Waals surface area contributed by atoms with Crippen molar-refractivity contribution in [3.8, 4) is 0 Å². The van der Waals surface area contributed by atoms with Crippen LogP contribution in [0.25, 0.3) is 10.8 Å². The lowest BCUT2D eigenvalue weighted by Crippen LogP contribution is -1.87. The highest BCUT2D eigenvalue weighted by Crippen LogP contribution is 2.28. The summed E-state index contributed by atoms with van der Waals surface area (Å²) in [6.07, 6.45) is 3.68. The third kappa shape index (κ3) is 2.23. The maximum absolute atomic E-state index is 3.71. The lowest BCUT2D eigenvalue weighted by molar-refractivity contribution is 0.794. The molecule has 0 amide bonds. The Kier molecular flexibility index (Phi) is 3.42. The highest BCUT2D eigenvalue weighted by Gasteiger charge is 2.03. The number of benzene rings is 2. The lowest BCUT2D eigenvalue weighted by Gasteiger charge is -2.07. The van der Waals surface area contributed by atoms with Gasteiger partial charge in [-0.3, -0.25) is 0 Å². The lowest BCUT2D eigenvalue weighted by atomic mass is 10.0. The number of fused-ring (bicyclic) bond motifs is 1. The van der Waals surface area contributed by atoms with Crippen LogP contribution in [0, 0.1) is 0 Å². The van der Waals surface area contributed by atoms with Gasteiger partial charge < -0.3 is 0 Å². The van der Waals surface area contributed by atoms with E-state index in [1.54, 1.807) is 0 Å². The molecular formula is C14H15Br. The predicted octanol–water partition coefficient (Wildman–Crippen LogP) is 4.94. The van der Waals surface area contributed by atoms with E-state index in [0.717, 1.165) is 0 Å². The molecule has 0 fully saturated rings. The van der Waals surface area contributed by atoms with E-state index >= 15 is 0 Å². The third-order valence-corrected chi connectivity index (χ3v) is 3.68. The van der Waals surface area contributed by atoms with Gasteiger partial charge in [0.15, 0.2) is 0 Å². The number of unbranched alkanes of at least 4 members (excludes halogenated alkanes) is 1. The van der Waals surface area contributed by atoms with Gasteiger partial charge in [-0.1, -0.05) is 49.7 Å². The topological polar surface area (TPSA) is 0 Å². The molecule has 2 rings (SSSR count). The van der Waals surface area contributed by atoms with Crippen molar-refractivity contribution in [2.45, 2.75) is 26.2 Å². The highest BCUT2D eigenvalue weighted by molar-refractivity contribution is 9.10. The van der Waals surface area contributed by atoms with Crippen LogP contribution < -0.4 is 0 Å². The van der Waals surface area contributed by atoms with E-state index in [1.165, 1.54) is 40.1 Å². The van der Waals surface area contributed by atoms with Crippen molar-refractivity contribution >= 4 is 26.7 Å². The van der Waals surface area contributed by atoms with E-state index in [-0.39, 0.29) is 0 Å². The molecule has 0 aliphatic carbocycles. The summed E-state index contributed by atoms with van der Waals surface area (Å²) in [6, 6.07) is 13.0. The molecule has 0 nitrogen and oxygen atoms in total.